The van der Waals surface area contributed by atoms with Crippen molar-refractivity contribution in [2.45, 2.75) is 123 Å². The first-order valence-corrected chi connectivity index (χ1v) is 12.5. The smallest absolute Gasteiger partial charge is 0.385 e. The minimum Gasteiger partial charge on any atom is -0.450 e. The average molecular weight is 416 g/mol. The van der Waals surface area contributed by atoms with Gasteiger partial charge in [0.1, 0.15) is 5.60 Å². The Labute approximate surface area is 186 Å². The highest BCUT2D eigenvalue weighted by atomic mass is 16.6. The molecule has 0 aromatic rings. The van der Waals surface area contributed by atoms with Crippen LogP contribution in [0.25, 0.3) is 0 Å². The van der Waals surface area contributed by atoms with E-state index in [0.717, 1.165) is 38.8 Å². The lowest BCUT2D eigenvalue weighted by molar-refractivity contribution is -0.155. The Balaban J connectivity index is 2.01. The van der Waals surface area contributed by atoms with Crippen LogP contribution in [0.15, 0.2) is 0 Å². The predicted molar refractivity (Wildman–Crippen MR) is 127 cm³/mol. The molecule has 0 bridgehead atoms. The van der Waals surface area contributed by atoms with Crippen molar-refractivity contribution in [3.05, 3.63) is 0 Å². The van der Waals surface area contributed by atoms with E-state index in [1.54, 1.807) is 0 Å². The van der Waals surface area contributed by atoms with E-state index in [0.29, 0.717) is 5.92 Å². The van der Waals surface area contributed by atoms with Crippen LogP contribution in [-0.2, 0) is 9.53 Å². The van der Waals surface area contributed by atoms with Crippen LogP contribution in [0.5, 0.6) is 0 Å². The van der Waals surface area contributed by atoms with Gasteiger partial charge in [-0.2, -0.15) is 0 Å². The van der Waals surface area contributed by atoms with Crippen molar-refractivity contribution >= 4 is 5.97 Å². The van der Waals surface area contributed by atoms with E-state index in [1.807, 2.05) is 13.8 Å². The number of carbonyl (C=O) groups is 1. The lowest BCUT2D eigenvalue weighted by Crippen LogP contribution is -2.42. The summed E-state index contributed by atoms with van der Waals surface area (Å²) in [6, 6.07) is 0. The lowest BCUT2D eigenvalue weighted by atomic mass is 9.83. The molecule has 3 heteroatoms. The van der Waals surface area contributed by atoms with Gasteiger partial charge in [0.05, 0.1) is 0 Å². The quantitative estimate of drug-likeness (QED) is 0.154. The van der Waals surface area contributed by atoms with Gasteiger partial charge in [0, 0.05) is 18.3 Å². The van der Waals surface area contributed by atoms with Crippen molar-refractivity contribution in [1.82, 2.24) is 5.32 Å². The second-order valence-corrected chi connectivity index (χ2v) is 9.21. The Bertz CT molecular complexity index is 567. The fourth-order valence-electron chi connectivity index (χ4n) is 4.11. The molecule has 0 spiro atoms. The molecular formula is C27H45NO2. The Morgan fingerprint density at radius 2 is 1.40 bits per heavy atom. The van der Waals surface area contributed by atoms with Gasteiger partial charge in [-0.25, -0.2) is 4.79 Å². The second kappa shape index (κ2) is 17.3. The van der Waals surface area contributed by atoms with Crippen molar-refractivity contribution in [3.8, 4) is 23.7 Å². The van der Waals surface area contributed by atoms with Gasteiger partial charge in [0.25, 0.3) is 0 Å². The third kappa shape index (κ3) is 13.7. The Morgan fingerprint density at radius 1 is 0.867 bits per heavy atom. The molecule has 3 nitrogen and oxygen atoms in total. The molecule has 1 heterocycles. The first-order valence-electron chi connectivity index (χ1n) is 12.5. The molecule has 0 unspecified atom stereocenters. The summed E-state index contributed by atoms with van der Waals surface area (Å²) in [6.45, 7) is 8.22. The van der Waals surface area contributed by atoms with E-state index < -0.39 is 11.6 Å². The summed E-state index contributed by atoms with van der Waals surface area (Å²) in [7, 11) is 0. The zero-order valence-corrected chi connectivity index (χ0v) is 19.9. The fourth-order valence-corrected chi connectivity index (χ4v) is 4.11. The SMILES string of the molecule is CCCCCCCCCCCCCCC#CC#CC(=O)OC(C)(C)C1CCNCC1. The topological polar surface area (TPSA) is 38.3 Å². The van der Waals surface area contributed by atoms with E-state index in [-0.39, 0.29) is 0 Å². The molecule has 30 heavy (non-hydrogen) atoms. The summed E-state index contributed by atoms with van der Waals surface area (Å²) in [6.07, 6.45) is 19.1. The molecule has 0 aromatic carbocycles. The molecule has 0 saturated carbocycles. The first-order chi connectivity index (χ1) is 14.6. The molecule has 1 saturated heterocycles. The number of hydrogen-bond donors (Lipinski definition) is 1. The van der Waals surface area contributed by atoms with Gasteiger partial charge in [-0.1, -0.05) is 83.5 Å². The number of nitrogens with one attached hydrogen (secondary N) is 1. The summed E-state index contributed by atoms with van der Waals surface area (Å²) in [4.78, 5) is 12.0. The van der Waals surface area contributed by atoms with Gasteiger partial charge in [0.2, 0.25) is 0 Å². The number of rotatable bonds is 14. The molecule has 1 N–H and O–H groups in total. The molecule has 0 radical (unpaired) electrons. The van der Waals surface area contributed by atoms with E-state index in [4.69, 9.17) is 4.74 Å². The average Bonchev–Trinajstić information content (AvgIpc) is 2.73. The first kappa shape index (κ1) is 26.6. The molecular weight excluding hydrogens is 370 g/mol. The highest BCUT2D eigenvalue weighted by Crippen LogP contribution is 2.28. The van der Waals surface area contributed by atoms with E-state index >= 15 is 0 Å². The Kier molecular flexibility index (Phi) is 15.3. The molecule has 0 amide bonds. The Morgan fingerprint density at radius 3 is 1.97 bits per heavy atom. The third-order valence-electron chi connectivity index (χ3n) is 6.15. The minimum atomic E-state index is -0.462. The van der Waals surface area contributed by atoms with Gasteiger partial charge in [-0.05, 0) is 58.0 Å². The summed E-state index contributed by atoms with van der Waals surface area (Å²) >= 11 is 0. The van der Waals surface area contributed by atoms with Crippen LogP contribution in [-0.4, -0.2) is 24.7 Å². The maximum atomic E-state index is 12.0. The second-order valence-electron chi connectivity index (χ2n) is 9.21. The number of carbonyl (C=O) groups excluding carboxylic acids is 1. The van der Waals surface area contributed by atoms with Gasteiger partial charge < -0.3 is 10.1 Å². The summed E-state index contributed by atoms with van der Waals surface area (Å²) in [5, 5.41) is 3.34. The zero-order chi connectivity index (χ0) is 21.9. The molecule has 0 aromatic heterocycles. The molecule has 1 aliphatic heterocycles. The van der Waals surface area contributed by atoms with Crippen molar-refractivity contribution in [2.75, 3.05) is 13.1 Å². The maximum absolute atomic E-state index is 12.0. The zero-order valence-electron chi connectivity index (χ0n) is 19.9. The number of esters is 1. The maximum Gasteiger partial charge on any atom is 0.385 e. The normalized spacial score (nSPS) is 14.4. The summed E-state index contributed by atoms with van der Waals surface area (Å²) < 4.78 is 5.59. The molecule has 1 aliphatic rings. The van der Waals surface area contributed by atoms with Gasteiger partial charge in [0.15, 0.2) is 0 Å². The van der Waals surface area contributed by atoms with Gasteiger partial charge in [-0.3, -0.25) is 0 Å². The molecule has 1 fully saturated rings. The number of hydrogen-bond acceptors (Lipinski definition) is 3. The fraction of sp³-hybridized carbons (Fsp3) is 0.815. The van der Waals surface area contributed by atoms with Crippen molar-refractivity contribution in [1.29, 1.82) is 0 Å². The van der Waals surface area contributed by atoms with Crippen LogP contribution < -0.4 is 5.32 Å². The van der Waals surface area contributed by atoms with Crippen LogP contribution in [0.4, 0.5) is 0 Å². The summed E-state index contributed by atoms with van der Waals surface area (Å²) in [5.41, 5.74) is -0.462. The van der Waals surface area contributed by atoms with Crippen LogP contribution in [0.1, 0.15) is 117 Å². The molecule has 0 aliphatic carbocycles. The number of piperidine rings is 1. The number of ether oxygens (including phenoxy) is 1. The summed E-state index contributed by atoms with van der Waals surface area (Å²) in [5.74, 6) is 11.0. The molecule has 0 atom stereocenters. The molecule has 170 valence electrons. The van der Waals surface area contributed by atoms with Crippen LogP contribution in [0.2, 0.25) is 0 Å². The third-order valence-corrected chi connectivity index (χ3v) is 6.15. The Hall–Kier alpha value is -1.45. The molecule has 1 rings (SSSR count). The van der Waals surface area contributed by atoms with Crippen molar-refractivity contribution in [2.24, 2.45) is 5.92 Å². The number of unbranched alkanes of at least 4 members (excludes halogenated alkanes) is 12. The van der Waals surface area contributed by atoms with Crippen molar-refractivity contribution in [3.63, 3.8) is 0 Å². The van der Waals surface area contributed by atoms with Crippen LogP contribution in [0, 0.1) is 29.6 Å². The van der Waals surface area contributed by atoms with Gasteiger partial charge in [-0.15, -0.1) is 0 Å². The lowest BCUT2D eigenvalue weighted by Gasteiger charge is -2.36. The highest BCUT2D eigenvalue weighted by Gasteiger charge is 2.33. The van der Waals surface area contributed by atoms with E-state index in [2.05, 4.69) is 35.9 Å². The van der Waals surface area contributed by atoms with E-state index in [9.17, 15) is 4.79 Å². The standard InChI is InChI=1S/C27H45NO2/c1-4-5-6-7-8-9-10-11-12-13-14-15-16-17-18-19-20-26(29)30-27(2,3)25-21-23-28-24-22-25/h25,28H,4-16,21-24H2,1-3H3. The predicted octanol–water partition coefficient (Wildman–Crippen LogP) is 6.41. The van der Waals surface area contributed by atoms with E-state index in [1.165, 1.54) is 70.6 Å². The monoisotopic (exact) mass is 415 g/mol. The minimum absolute atomic E-state index is 0.390. The van der Waals surface area contributed by atoms with Crippen molar-refractivity contribution < 1.29 is 9.53 Å². The largest absolute Gasteiger partial charge is 0.450 e. The van der Waals surface area contributed by atoms with Crippen LogP contribution >= 0.6 is 0 Å². The van der Waals surface area contributed by atoms with Crippen LogP contribution in [0.3, 0.4) is 0 Å². The van der Waals surface area contributed by atoms with Gasteiger partial charge >= 0.3 is 5.97 Å². The highest BCUT2D eigenvalue weighted by molar-refractivity contribution is 5.89.